The number of rotatable bonds is 4. The molecule has 0 aromatic rings. The first-order chi connectivity index (χ1) is 6.74. The molecule has 0 aliphatic carbocycles. The van der Waals surface area contributed by atoms with E-state index in [0.717, 1.165) is 6.54 Å². The lowest BCUT2D eigenvalue weighted by molar-refractivity contribution is 0.0780. The number of aliphatic hydroxyl groups excluding tert-OH is 1. The Morgan fingerprint density at radius 2 is 2.43 bits per heavy atom. The van der Waals surface area contributed by atoms with Gasteiger partial charge < -0.3 is 5.11 Å². The number of piperidine rings is 1. The van der Waals surface area contributed by atoms with Crippen molar-refractivity contribution in [2.24, 2.45) is 5.11 Å². The van der Waals surface area contributed by atoms with Gasteiger partial charge in [-0.25, -0.2) is 0 Å². The number of nitrogens with zero attached hydrogens (tertiary/aromatic N) is 4. The van der Waals surface area contributed by atoms with Gasteiger partial charge in [0.25, 0.3) is 0 Å². The molecule has 0 radical (unpaired) electrons. The van der Waals surface area contributed by atoms with Gasteiger partial charge in [0.05, 0.1) is 12.6 Å². The highest BCUT2D eigenvalue weighted by molar-refractivity contribution is 4.76. The Morgan fingerprint density at radius 1 is 1.64 bits per heavy atom. The average Bonchev–Trinajstić information content (AvgIpc) is 2.18. The van der Waals surface area contributed by atoms with Gasteiger partial charge in [0.1, 0.15) is 0 Å². The Bertz CT molecular complexity index is 215. The van der Waals surface area contributed by atoms with Crippen molar-refractivity contribution in [2.75, 3.05) is 19.6 Å². The van der Waals surface area contributed by atoms with Crippen molar-refractivity contribution in [2.45, 2.75) is 38.3 Å². The largest absolute Gasteiger partial charge is 0.392 e. The lowest BCUT2D eigenvalue weighted by atomic mass is 10.0. The molecule has 1 aliphatic heterocycles. The molecule has 1 fully saturated rings. The normalized spacial score (nSPS) is 25.4. The second-order valence-electron chi connectivity index (χ2n) is 3.91. The number of hydrogen-bond donors (Lipinski definition) is 1. The number of β-amino-alcohol motifs (C(OH)–C–C–N with tert-alkyl or cyclic N) is 1. The molecule has 1 N–H and O–H groups in total. The Balaban J connectivity index is 2.30. The van der Waals surface area contributed by atoms with Crippen LogP contribution in [0.1, 0.15) is 26.2 Å². The monoisotopic (exact) mass is 198 g/mol. The molecular weight excluding hydrogens is 180 g/mol. The Labute approximate surface area is 84.3 Å². The van der Waals surface area contributed by atoms with E-state index in [9.17, 15) is 5.11 Å². The van der Waals surface area contributed by atoms with Crippen LogP contribution < -0.4 is 0 Å². The molecule has 14 heavy (non-hydrogen) atoms. The van der Waals surface area contributed by atoms with Gasteiger partial charge in [0, 0.05) is 17.5 Å². The fraction of sp³-hybridized carbons (Fsp3) is 1.00. The van der Waals surface area contributed by atoms with Crippen molar-refractivity contribution in [3.63, 3.8) is 0 Å². The van der Waals surface area contributed by atoms with Gasteiger partial charge in [-0.2, -0.15) is 0 Å². The van der Waals surface area contributed by atoms with Gasteiger partial charge in [-0.15, -0.1) is 0 Å². The van der Waals surface area contributed by atoms with E-state index in [4.69, 9.17) is 5.53 Å². The van der Waals surface area contributed by atoms with E-state index < -0.39 is 6.10 Å². The second-order valence-corrected chi connectivity index (χ2v) is 3.91. The van der Waals surface area contributed by atoms with Crippen molar-refractivity contribution < 1.29 is 5.11 Å². The highest BCUT2D eigenvalue weighted by Crippen LogP contribution is 2.16. The van der Waals surface area contributed by atoms with E-state index in [2.05, 4.69) is 21.8 Å². The Kier molecular flexibility index (Phi) is 4.73. The molecule has 0 aromatic heterocycles. The van der Waals surface area contributed by atoms with Gasteiger partial charge in [0.15, 0.2) is 0 Å². The van der Waals surface area contributed by atoms with E-state index in [-0.39, 0.29) is 6.54 Å². The summed E-state index contributed by atoms with van der Waals surface area (Å²) in [5, 5.41) is 12.9. The SMILES string of the molecule is CC1CCCCN1C[C@@H](O)CN=[N+]=[N-]. The van der Waals surface area contributed by atoms with Crippen molar-refractivity contribution >= 4 is 0 Å². The van der Waals surface area contributed by atoms with Crippen molar-refractivity contribution in [3.05, 3.63) is 10.4 Å². The predicted octanol–water partition coefficient (Wildman–Crippen LogP) is 1.53. The van der Waals surface area contributed by atoms with Crippen molar-refractivity contribution in [1.82, 2.24) is 4.90 Å². The number of azide groups is 1. The smallest absolute Gasteiger partial charge is 0.0723 e. The average molecular weight is 198 g/mol. The number of likely N-dealkylation sites (tertiary alicyclic amines) is 1. The zero-order chi connectivity index (χ0) is 10.4. The first-order valence-electron chi connectivity index (χ1n) is 5.17. The van der Waals surface area contributed by atoms with Crippen LogP contribution >= 0.6 is 0 Å². The lowest BCUT2D eigenvalue weighted by Gasteiger charge is -2.34. The predicted molar refractivity (Wildman–Crippen MR) is 54.9 cm³/mol. The minimum absolute atomic E-state index is 0.180. The molecule has 1 unspecified atom stereocenters. The molecule has 5 heteroatoms. The molecular formula is C9H18N4O. The third-order valence-corrected chi connectivity index (χ3v) is 2.74. The Hall–Kier alpha value is -0.770. The van der Waals surface area contributed by atoms with Crippen LogP contribution in [-0.2, 0) is 0 Å². The summed E-state index contributed by atoms with van der Waals surface area (Å²) in [5.74, 6) is 0. The van der Waals surface area contributed by atoms with Gasteiger partial charge in [-0.3, -0.25) is 4.90 Å². The van der Waals surface area contributed by atoms with Gasteiger partial charge in [-0.1, -0.05) is 11.5 Å². The van der Waals surface area contributed by atoms with Crippen LogP contribution in [0.3, 0.4) is 0 Å². The molecule has 5 nitrogen and oxygen atoms in total. The van der Waals surface area contributed by atoms with E-state index in [1.54, 1.807) is 0 Å². The summed E-state index contributed by atoms with van der Waals surface area (Å²) in [6, 6.07) is 0.546. The van der Waals surface area contributed by atoms with Gasteiger partial charge >= 0.3 is 0 Å². The lowest BCUT2D eigenvalue weighted by Crippen LogP contribution is -2.42. The minimum atomic E-state index is -0.522. The molecule has 2 atom stereocenters. The third-order valence-electron chi connectivity index (χ3n) is 2.74. The molecule has 0 spiro atoms. The van der Waals surface area contributed by atoms with Gasteiger partial charge in [-0.05, 0) is 31.8 Å². The Morgan fingerprint density at radius 3 is 3.07 bits per heavy atom. The molecule has 0 saturated carbocycles. The molecule has 1 rings (SSSR count). The van der Waals surface area contributed by atoms with Crippen LogP contribution in [0.5, 0.6) is 0 Å². The summed E-state index contributed by atoms with van der Waals surface area (Å²) in [7, 11) is 0. The minimum Gasteiger partial charge on any atom is -0.392 e. The maximum absolute atomic E-state index is 9.54. The summed E-state index contributed by atoms with van der Waals surface area (Å²) >= 11 is 0. The number of hydrogen-bond acceptors (Lipinski definition) is 3. The van der Waals surface area contributed by atoms with Crippen LogP contribution in [0, 0.1) is 0 Å². The summed E-state index contributed by atoms with van der Waals surface area (Å²) < 4.78 is 0. The van der Waals surface area contributed by atoms with Crippen LogP contribution in [0.4, 0.5) is 0 Å². The zero-order valence-electron chi connectivity index (χ0n) is 8.63. The van der Waals surface area contributed by atoms with Crippen molar-refractivity contribution in [1.29, 1.82) is 0 Å². The molecule has 1 heterocycles. The van der Waals surface area contributed by atoms with Gasteiger partial charge in [0.2, 0.25) is 0 Å². The fourth-order valence-corrected chi connectivity index (χ4v) is 1.89. The summed E-state index contributed by atoms with van der Waals surface area (Å²) in [6.07, 6.45) is 3.17. The maximum Gasteiger partial charge on any atom is 0.0723 e. The highest BCUT2D eigenvalue weighted by Gasteiger charge is 2.20. The molecule has 1 aliphatic rings. The summed E-state index contributed by atoms with van der Waals surface area (Å²) in [6.45, 7) is 4.04. The van der Waals surface area contributed by atoms with Crippen molar-refractivity contribution in [3.8, 4) is 0 Å². The van der Waals surface area contributed by atoms with Crippen LogP contribution in [0.2, 0.25) is 0 Å². The molecule has 0 aromatic carbocycles. The fourth-order valence-electron chi connectivity index (χ4n) is 1.89. The van der Waals surface area contributed by atoms with Crippen LogP contribution in [-0.4, -0.2) is 41.8 Å². The van der Waals surface area contributed by atoms with E-state index in [1.807, 2.05) is 0 Å². The highest BCUT2D eigenvalue weighted by atomic mass is 16.3. The molecule has 1 saturated heterocycles. The molecule has 0 bridgehead atoms. The zero-order valence-corrected chi connectivity index (χ0v) is 8.63. The topological polar surface area (TPSA) is 72.2 Å². The van der Waals surface area contributed by atoms with Crippen LogP contribution in [0.25, 0.3) is 10.4 Å². The van der Waals surface area contributed by atoms with E-state index in [0.29, 0.717) is 12.6 Å². The maximum atomic E-state index is 9.54. The summed E-state index contributed by atoms with van der Waals surface area (Å²) in [5.41, 5.74) is 8.11. The van der Waals surface area contributed by atoms with E-state index in [1.165, 1.54) is 19.3 Å². The molecule has 80 valence electrons. The summed E-state index contributed by atoms with van der Waals surface area (Å²) in [4.78, 5) is 4.90. The quantitative estimate of drug-likeness (QED) is 0.422. The first-order valence-corrected chi connectivity index (χ1v) is 5.17. The second kappa shape index (κ2) is 5.86. The standard InChI is InChI=1S/C9H18N4O/c1-8-4-2-3-5-13(8)7-9(14)6-11-12-10/h8-9,14H,2-7H2,1H3/t8?,9-/m0/s1. The molecule has 0 amide bonds. The number of aliphatic hydroxyl groups is 1. The van der Waals surface area contributed by atoms with E-state index >= 15 is 0 Å². The van der Waals surface area contributed by atoms with Crippen LogP contribution in [0.15, 0.2) is 5.11 Å². The third kappa shape index (κ3) is 3.54. The first kappa shape index (κ1) is 11.3.